The van der Waals surface area contributed by atoms with Gasteiger partial charge in [0.15, 0.2) is 6.61 Å². The third-order valence-corrected chi connectivity index (χ3v) is 6.80. The Morgan fingerprint density at radius 2 is 1.76 bits per heavy atom. The van der Waals surface area contributed by atoms with E-state index in [0.29, 0.717) is 43.3 Å². The van der Waals surface area contributed by atoms with Crippen LogP contribution in [0.5, 0.6) is 5.75 Å². The molecule has 156 valence electrons. The summed E-state index contributed by atoms with van der Waals surface area (Å²) in [7, 11) is -3.56. The number of carbonyl (C=O) groups excluding carboxylic acids is 1. The van der Waals surface area contributed by atoms with E-state index in [2.05, 4.69) is 5.32 Å². The molecule has 2 aromatic carbocycles. The van der Waals surface area contributed by atoms with Crippen molar-refractivity contribution in [3.8, 4) is 5.75 Å². The first-order valence-electron chi connectivity index (χ1n) is 9.46. The zero-order valence-corrected chi connectivity index (χ0v) is 17.7. The Bertz CT molecular complexity index is 998. The lowest BCUT2D eigenvalue weighted by Gasteiger charge is -2.26. The minimum atomic E-state index is -3.56. The van der Waals surface area contributed by atoms with Gasteiger partial charge in [0.25, 0.3) is 5.91 Å². The zero-order chi connectivity index (χ0) is 21.0. The largest absolute Gasteiger partial charge is 0.483 e. The SMILES string of the molecule is Cc1ccc(NC(=O)COc2ccc(S(=O)(=O)N3CCOCC3)cc2C)cc1C. The van der Waals surface area contributed by atoms with Crippen LogP contribution >= 0.6 is 0 Å². The Morgan fingerprint density at radius 1 is 1.03 bits per heavy atom. The summed E-state index contributed by atoms with van der Waals surface area (Å²) in [6, 6.07) is 10.4. The van der Waals surface area contributed by atoms with E-state index in [4.69, 9.17) is 9.47 Å². The van der Waals surface area contributed by atoms with Gasteiger partial charge in [0.2, 0.25) is 10.0 Å². The maximum absolute atomic E-state index is 12.7. The summed E-state index contributed by atoms with van der Waals surface area (Å²) in [6.07, 6.45) is 0. The molecule has 1 heterocycles. The van der Waals surface area contributed by atoms with Crippen LogP contribution in [-0.2, 0) is 19.6 Å². The highest BCUT2D eigenvalue weighted by Crippen LogP contribution is 2.24. The van der Waals surface area contributed by atoms with Gasteiger partial charge in [-0.25, -0.2) is 8.42 Å². The number of nitrogens with zero attached hydrogens (tertiary/aromatic N) is 1. The van der Waals surface area contributed by atoms with Gasteiger partial charge in [-0.2, -0.15) is 4.31 Å². The molecule has 0 spiro atoms. The number of benzene rings is 2. The molecule has 0 unspecified atom stereocenters. The topological polar surface area (TPSA) is 84.9 Å². The molecule has 1 amide bonds. The van der Waals surface area contributed by atoms with Crippen molar-refractivity contribution in [1.82, 2.24) is 4.31 Å². The molecule has 0 aliphatic carbocycles. The summed E-state index contributed by atoms with van der Waals surface area (Å²) in [4.78, 5) is 12.4. The molecule has 2 aromatic rings. The van der Waals surface area contributed by atoms with Crippen LogP contribution in [0, 0.1) is 20.8 Å². The molecular weight excluding hydrogens is 392 g/mol. The quantitative estimate of drug-likeness (QED) is 0.780. The van der Waals surface area contributed by atoms with E-state index in [1.807, 2.05) is 32.0 Å². The minimum absolute atomic E-state index is 0.163. The molecule has 1 aliphatic heterocycles. The molecule has 1 fully saturated rings. The lowest BCUT2D eigenvalue weighted by atomic mass is 10.1. The highest BCUT2D eigenvalue weighted by atomic mass is 32.2. The maximum atomic E-state index is 12.7. The van der Waals surface area contributed by atoms with Gasteiger partial charge in [0.1, 0.15) is 5.75 Å². The number of nitrogens with one attached hydrogen (secondary N) is 1. The molecule has 29 heavy (non-hydrogen) atoms. The summed E-state index contributed by atoms with van der Waals surface area (Å²) in [6.45, 7) is 7.08. The Balaban J connectivity index is 1.63. The Kier molecular flexibility index (Phi) is 6.56. The van der Waals surface area contributed by atoms with Gasteiger partial charge >= 0.3 is 0 Å². The van der Waals surface area contributed by atoms with Crippen LogP contribution in [-0.4, -0.2) is 51.5 Å². The fraction of sp³-hybridized carbons (Fsp3) is 0.381. The summed E-state index contributed by atoms with van der Waals surface area (Å²) < 4.78 is 37.7. The van der Waals surface area contributed by atoms with E-state index >= 15 is 0 Å². The van der Waals surface area contributed by atoms with Gasteiger partial charge in [0.05, 0.1) is 18.1 Å². The van der Waals surface area contributed by atoms with Crippen molar-refractivity contribution < 1.29 is 22.7 Å². The van der Waals surface area contributed by atoms with E-state index in [9.17, 15) is 13.2 Å². The van der Waals surface area contributed by atoms with E-state index in [-0.39, 0.29) is 17.4 Å². The summed E-state index contributed by atoms with van der Waals surface area (Å²) in [5.41, 5.74) is 3.61. The number of aryl methyl sites for hydroxylation is 3. The molecule has 7 nitrogen and oxygen atoms in total. The fourth-order valence-electron chi connectivity index (χ4n) is 3.04. The average Bonchev–Trinajstić information content (AvgIpc) is 2.70. The van der Waals surface area contributed by atoms with Crippen LogP contribution < -0.4 is 10.1 Å². The number of sulfonamides is 1. The van der Waals surface area contributed by atoms with Crippen molar-refractivity contribution >= 4 is 21.6 Å². The number of morpholine rings is 1. The third-order valence-electron chi connectivity index (χ3n) is 4.90. The van der Waals surface area contributed by atoms with Gasteiger partial charge in [0, 0.05) is 18.8 Å². The predicted octanol–water partition coefficient (Wildman–Crippen LogP) is 2.65. The number of ether oxygens (including phenoxy) is 2. The number of hydrogen-bond acceptors (Lipinski definition) is 5. The highest BCUT2D eigenvalue weighted by molar-refractivity contribution is 7.89. The summed E-state index contributed by atoms with van der Waals surface area (Å²) in [5, 5.41) is 2.80. The predicted molar refractivity (Wildman–Crippen MR) is 111 cm³/mol. The molecular formula is C21H26N2O5S. The van der Waals surface area contributed by atoms with Crippen LogP contribution in [0.4, 0.5) is 5.69 Å². The van der Waals surface area contributed by atoms with Gasteiger partial charge in [-0.1, -0.05) is 6.07 Å². The molecule has 1 N–H and O–H groups in total. The molecule has 0 bridgehead atoms. The van der Waals surface area contributed by atoms with Gasteiger partial charge < -0.3 is 14.8 Å². The molecule has 0 atom stereocenters. The summed E-state index contributed by atoms with van der Waals surface area (Å²) >= 11 is 0. The molecule has 0 saturated carbocycles. The monoisotopic (exact) mass is 418 g/mol. The molecule has 0 radical (unpaired) electrons. The van der Waals surface area contributed by atoms with Crippen molar-refractivity contribution in [2.45, 2.75) is 25.7 Å². The smallest absolute Gasteiger partial charge is 0.262 e. The number of anilines is 1. The lowest BCUT2D eigenvalue weighted by Crippen LogP contribution is -2.40. The molecule has 0 aromatic heterocycles. The number of hydrogen-bond donors (Lipinski definition) is 1. The van der Waals surface area contributed by atoms with E-state index in [1.165, 1.54) is 10.4 Å². The van der Waals surface area contributed by atoms with E-state index in [1.54, 1.807) is 19.1 Å². The fourth-order valence-corrected chi connectivity index (χ4v) is 4.53. The number of rotatable bonds is 6. The second-order valence-corrected chi connectivity index (χ2v) is 9.02. The Labute approximate surface area is 171 Å². The first-order valence-corrected chi connectivity index (χ1v) is 10.9. The molecule has 8 heteroatoms. The first-order chi connectivity index (χ1) is 13.8. The Morgan fingerprint density at radius 3 is 2.41 bits per heavy atom. The maximum Gasteiger partial charge on any atom is 0.262 e. The van der Waals surface area contributed by atoms with E-state index in [0.717, 1.165) is 11.1 Å². The number of amides is 1. The lowest BCUT2D eigenvalue weighted by molar-refractivity contribution is -0.118. The van der Waals surface area contributed by atoms with Crippen LogP contribution in [0.25, 0.3) is 0 Å². The van der Waals surface area contributed by atoms with Crippen LogP contribution in [0.1, 0.15) is 16.7 Å². The first kappa shape index (κ1) is 21.3. The van der Waals surface area contributed by atoms with Crippen molar-refractivity contribution in [2.75, 3.05) is 38.2 Å². The van der Waals surface area contributed by atoms with Gasteiger partial charge in [-0.3, -0.25) is 4.79 Å². The highest BCUT2D eigenvalue weighted by Gasteiger charge is 2.26. The standard InChI is InChI=1S/C21H26N2O5S/c1-15-4-5-18(12-16(15)2)22-21(24)14-28-20-7-6-19(13-17(20)3)29(25,26)23-8-10-27-11-9-23/h4-7,12-13H,8-11,14H2,1-3H3,(H,22,24). The second kappa shape index (κ2) is 8.94. The normalized spacial score (nSPS) is 15.1. The molecule has 3 rings (SSSR count). The van der Waals surface area contributed by atoms with Crippen molar-refractivity contribution in [3.05, 3.63) is 53.1 Å². The van der Waals surface area contributed by atoms with Crippen molar-refractivity contribution in [1.29, 1.82) is 0 Å². The van der Waals surface area contributed by atoms with Gasteiger partial charge in [-0.15, -0.1) is 0 Å². The van der Waals surface area contributed by atoms with Crippen LogP contribution in [0.15, 0.2) is 41.3 Å². The zero-order valence-electron chi connectivity index (χ0n) is 16.9. The van der Waals surface area contributed by atoms with Crippen LogP contribution in [0.3, 0.4) is 0 Å². The minimum Gasteiger partial charge on any atom is -0.483 e. The number of carbonyl (C=O) groups is 1. The third kappa shape index (κ3) is 5.14. The van der Waals surface area contributed by atoms with Crippen molar-refractivity contribution in [2.24, 2.45) is 0 Å². The second-order valence-electron chi connectivity index (χ2n) is 7.08. The van der Waals surface area contributed by atoms with Crippen LogP contribution in [0.2, 0.25) is 0 Å². The molecule has 1 saturated heterocycles. The summed E-state index contributed by atoms with van der Waals surface area (Å²) in [5.74, 6) is 0.193. The van der Waals surface area contributed by atoms with Crippen molar-refractivity contribution in [3.63, 3.8) is 0 Å². The average molecular weight is 419 g/mol. The van der Waals surface area contributed by atoms with E-state index < -0.39 is 10.0 Å². The molecule has 1 aliphatic rings. The Hall–Kier alpha value is -2.42. The van der Waals surface area contributed by atoms with Gasteiger partial charge in [-0.05, 0) is 67.8 Å².